The average Bonchev–Trinajstić information content (AvgIpc) is 2.22. The number of esters is 1. The van der Waals surface area contributed by atoms with Crippen molar-refractivity contribution in [1.29, 1.82) is 0 Å². The van der Waals surface area contributed by atoms with Crippen molar-refractivity contribution in [1.82, 2.24) is 0 Å². The largest absolute Gasteiger partial charge is 0.466 e. The Kier molecular flexibility index (Phi) is 6.98. The van der Waals surface area contributed by atoms with Gasteiger partial charge in [-0.05, 0) is 26.2 Å². The Morgan fingerprint density at radius 2 is 1.82 bits per heavy atom. The first-order chi connectivity index (χ1) is 7.77. The Hall–Kier alpha value is -0.380. The molecular formula is C11H23O5P. The van der Waals surface area contributed by atoms with E-state index in [1.54, 1.807) is 0 Å². The van der Waals surface area contributed by atoms with Crippen LogP contribution >= 0.6 is 7.60 Å². The fraction of sp³-hybridized carbons (Fsp3) is 0.909. The minimum atomic E-state index is -4.19. The molecule has 0 bridgehead atoms. The SMILES string of the molecule is CCCOC(=O)CCC(C)(CCC)P(=O)(O)O. The quantitative estimate of drug-likeness (QED) is 0.520. The molecule has 0 aromatic carbocycles. The maximum atomic E-state index is 11.4. The van der Waals surface area contributed by atoms with Gasteiger partial charge in [0.1, 0.15) is 0 Å². The Morgan fingerprint density at radius 1 is 1.24 bits per heavy atom. The van der Waals surface area contributed by atoms with Gasteiger partial charge < -0.3 is 14.5 Å². The van der Waals surface area contributed by atoms with Crippen molar-refractivity contribution in [3.8, 4) is 0 Å². The van der Waals surface area contributed by atoms with Crippen LogP contribution in [0.5, 0.6) is 0 Å². The summed E-state index contributed by atoms with van der Waals surface area (Å²) in [6, 6.07) is 0. The number of carbonyl (C=O) groups excluding carboxylic acids is 1. The molecule has 0 amide bonds. The summed E-state index contributed by atoms with van der Waals surface area (Å²) < 4.78 is 16.3. The fourth-order valence-electron chi connectivity index (χ4n) is 1.61. The lowest BCUT2D eigenvalue weighted by Crippen LogP contribution is -2.26. The molecule has 0 aliphatic rings. The highest BCUT2D eigenvalue weighted by Crippen LogP contribution is 2.55. The van der Waals surface area contributed by atoms with Crippen LogP contribution in [0.2, 0.25) is 0 Å². The van der Waals surface area contributed by atoms with Gasteiger partial charge in [0.25, 0.3) is 0 Å². The Morgan fingerprint density at radius 3 is 2.24 bits per heavy atom. The summed E-state index contributed by atoms with van der Waals surface area (Å²) in [5.41, 5.74) is 0. The molecule has 0 heterocycles. The summed E-state index contributed by atoms with van der Waals surface area (Å²) in [6.07, 6.45) is 2.04. The normalized spacial score (nSPS) is 15.4. The third-order valence-corrected chi connectivity index (χ3v) is 4.68. The average molecular weight is 266 g/mol. The molecule has 0 fully saturated rings. The molecule has 2 N–H and O–H groups in total. The molecule has 0 saturated heterocycles. The zero-order valence-corrected chi connectivity index (χ0v) is 11.7. The van der Waals surface area contributed by atoms with E-state index in [-0.39, 0.29) is 18.8 Å². The lowest BCUT2D eigenvalue weighted by atomic mass is 9.99. The smallest absolute Gasteiger partial charge is 0.331 e. The molecule has 0 aliphatic carbocycles. The van der Waals surface area contributed by atoms with E-state index in [4.69, 9.17) is 4.74 Å². The minimum Gasteiger partial charge on any atom is -0.466 e. The highest BCUT2D eigenvalue weighted by molar-refractivity contribution is 7.53. The van der Waals surface area contributed by atoms with Crippen LogP contribution in [0.4, 0.5) is 0 Å². The summed E-state index contributed by atoms with van der Waals surface area (Å²) in [5.74, 6) is -0.386. The molecule has 0 spiro atoms. The van der Waals surface area contributed by atoms with Crippen molar-refractivity contribution in [2.24, 2.45) is 0 Å². The lowest BCUT2D eigenvalue weighted by Gasteiger charge is -2.29. The third-order valence-electron chi connectivity index (χ3n) is 2.83. The predicted molar refractivity (Wildman–Crippen MR) is 65.8 cm³/mol. The molecule has 17 heavy (non-hydrogen) atoms. The van der Waals surface area contributed by atoms with Crippen LogP contribution in [0.1, 0.15) is 52.9 Å². The molecule has 0 saturated carbocycles. The molecule has 0 radical (unpaired) electrons. The molecule has 0 aromatic heterocycles. The van der Waals surface area contributed by atoms with Crippen molar-refractivity contribution < 1.29 is 23.9 Å². The molecular weight excluding hydrogens is 243 g/mol. The molecule has 1 atom stereocenters. The first-order valence-electron chi connectivity index (χ1n) is 5.98. The standard InChI is InChI=1S/C11H23O5P/c1-4-7-11(3,17(13,14)15)8-6-10(12)16-9-5-2/h4-9H2,1-3H3,(H2,13,14,15). The lowest BCUT2D eigenvalue weighted by molar-refractivity contribution is -0.143. The second-order valence-corrected chi connectivity index (χ2v) is 6.68. The van der Waals surface area contributed by atoms with Crippen LogP contribution in [0, 0.1) is 0 Å². The Balaban J connectivity index is 4.38. The number of hydrogen-bond acceptors (Lipinski definition) is 3. The number of ether oxygens (including phenoxy) is 1. The van der Waals surface area contributed by atoms with Gasteiger partial charge in [0.05, 0.1) is 11.8 Å². The zero-order chi connectivity index (χ0) is 13.5. The van der Waals surface area contributed by atoms with E-state index in [0.29, 0.717) is 19.4 Å². The summed E-state index contributed by atoms with van der Waals surface area (Å²) in [4.78, 5) is 29.9. The molecule has 1 unspecified atom stereocenters. The highest BCUT2D eigenvalue weighted by atomic mass is 31.2. The molecule has 0 aromatic rings. The number of rotatable bonds is 8. The monoisotopic (exact) mass is 266 g/mol. The van der Waals surface area contributed by atoms with Gasteiger partial charge >= 0.3 is 13.6 Å². The Bertz CT molecular complexity index is 286. The zero-order valence-electron chi connectivity index (χ0n) is 10.8. The summed E-state index contributed by atoms with van der Waals surface area (Å²) in [6.45, 7) is 5.65. The third kappa shape index (κ3) is 5.66. The van der Waals surface area contributed by atoms with Crippen LogP contribution in [0.3, 0.4) is 0 Å². The van der Waals surface area contributed by atoms with Crippen molar-refractivity contribution >= 4 is 13.6 Å². The van der Waals surface area contributed by atoms with Crippen molar-refractivity contribution in [3.63, 3.8) is 0 Å². The van der Waals surface area contributed by atoms with Crippen molar-refractivity contribution in [2.75, 3.05) is 6.61 Å². The molecule has 6 heteroatoms. The van der Waals surface area contributed by atoms with Crippen LogP contribution < -0.4 is 0 Å². The first-order valence-corrected chi connectivity index (χ1v) is 7.59. The van der Waals surface area contributed by atoms with E-state index < -0.39 is 12.8 Å². The van der Waals surface area contributed by atoms with Gasteiger partial charge in [0.15, 0.2) is 0 Å². The molecule has 0 aliphatic heterocycles. The Labute approximate surface area is 103 Å². The van der Waals surface area contributed by atoms with E-state index >= 15 is 0 Å². The van der Waals surface area contributed by atoms with E-state index in [1.165, 1.54) is 6.92 Å². The minimum absolute atomic E-state index is 0.0572. The van der Waals surface area contributed by atoms with E-state index in [9.17, 15) is 19.1 Å². The number of carbonyl (C=O) groups is 1. The molecule has 0 rings (SSSR count). The van der Waals surface area contributed by atoms with E-state index in [2.05, 4.69) is 0 Å². The van der Waals surface area contributed by atoms with Gasteiger partial charge in [0, 0.05) is 6.42 Å². The first kappa shape index (κ1) is 16.6. The predicted octanol–water partition coefficient (Wildman–Crippen LogP) is 2.46. The van der Waals surface area contributed by atoms with Gasteiger partial charge in [-0.15, -0.1) is 0 Å². The van der Waals surface area contributed by atoms with E-state index in [0.717, 1.165) is 6.42 Å². The van der Waals surface area contributed by atoms with E-state index in [1.807, 2.05) is 13.8 Å². The van der Waals surface area contributed by atoms with Crippen molar-refractivity contribution in [2.45, 2.75) is 58.0 Å². The molecule has 5 nitrogen and oxygen atoms in total. The van der Waals surface area contributed by atoms with Gasteiger partial charge in [-0.2, -0.15) is 0 Å². The van der Waals surface area contributed by atoms with Crippen molar-refractivity contribution in [3.05, 3.63) is 0 Å². The second kappa shape index (κ2) is 7.14. The van der Waals surface area contributed by atoms with Gasteiger partial charge in [-0.3, -0.25) is 9.36 Å². The highest BCUT2D eigenvalue weighted by Gasteiger charge is 2.41. The topological polar surface area (TPSA) is 83.8 Å². The summed E-state index contributed by atoms with van der Waals surface area (Å²) in [5, 5.41) is -1.12. The van der Waals surface area contributed by atoms with Crippen LogP contribution in [-0.4, -0.2) is 27.5 Å². The van der Waals surface area contributed by atoms with Gasteiger partial charge in [0.2, 0.25) is 0 Å². The van der Waals surface area contributed by atoms with Crippen LogP contribution in [-0.2, 0) is 14.1 Å². The van der Waals surface area contributed by atoms with Crippen LogP contribution in [0.15, 0.2) is 0 Å². The summed E-state index contributed by atoms with van der Waals surface area (Å²) >= 11 is 0. The number of hydrogen-bond donors (Lipinski definition) is 2. The molecule has 102 valence electrons. The van der Waals surface area contributed by atoms with Gasteiger partial charge in [-0.1, -0.05) is 20.3 Å². The summed E-state index contributed by atoms with van der Waals surface area (Å²) in [7, 11) is -4.19. The second-order valence-electron chi connectivity index (χ2n) is 4.51. The maximum Gasteiger partial charge on any atom is 0.331 e. The van der Waals surface area contributed by atoms with Gasteiger partial charge in [-0.25, -0.2) is 0 Å². The van der Waals surface area contributed by atoms with Crippen LogP contribution in [0.25, 0.3) is 0 Å². The maximum absolute atomic E-state index is 11.4. The fourth-order valence-corrected chi connectivity index (χ4v) is 2.53.